The molecule has 1 aromatic heterocycles. The van der Waals surface area contributed by atoms with Crippen molar-refractivity contribution >= 4 is 61.8 Å². The largest absolute Gasteiger partial charge is 0.306 e. The van der Waals surface area contributed by atoms with Crippen LogP contribution in [0, 0.1) is 6.92 Å². The number of nitrogens with zero attached hydrogens (tertiary/aromatic N) is 3. The molecule has 0 unspecified atom stereocenters. The summed E-state index contributed by atoms with van der Waals surface area (Å²) in [7, 11) is 0. The highest BCUT2D eigenvalue weighted by molar-refractivity contribution is 6.18. The Morgan fingerprint density at radius 3 is 2.21 bits per heavy atom. The van der Waals surface area contributed by atoms with Gasteiger partial charge < -0.3 is 4.90 Å². The van der Waals surface area contributed by atoms with Gasteiger partial charge in [0.1, 0.15) is 5.82 Å². The van der Waals surface area contributed by atoms with Crippen LogP contribution in [0.25, 0.3) is 61.8 Å². The number of allylic oxidation sites excluding steroid dienone is 3. The summed E-state index contributed by atoms with van der Waals surface area (Å²) in [6.45, 7) is 6.43. The Morgan fingerprint density at radius 2 is 1.40 bits per heavy atom. The minimum absolute atomic E-state index is 0.964. The summed E-state index contributed by atoms with van der Waals surface area (Å²) >= 11 is 0. The van der Waals surface area contributed by atoms with Gasteiger partial charge in [0.2, 0.25) is 0 Å². The lowest BCUT2D eigenvalue weighted by atomic mass is 9.89. The van der Waals surface area contributed by atoms with Gasteiger partial charge in [0.05, 0.1) is 28.1 Å². The molecule has 0 amide bonds. The van der Waals surface area contributed by atoms with Crippen LogP contribution in [0.5, 0.6) is 0 Å². The molecule has 3 heteroatoms. The predicted octanol–water partition coefficient (Wildman–Crippen LogP) is 10.2. The maximum absolute atomic E-state index is 5.36. The van der Waals surface area contributed by atoms with Crippen molar-refractivity contribution in [3.63, 3.8) is 0 Å². The van der Waals surface area contributed by atoms with Crippen molar-refractivity contribution in [1.82, 2.24) is 9.55 Å². The monoisotopic (exact) mass is 553 g/mol. The van der Waals surface area contributed by atoms with Gasteiger partial charge >= 0.3 is 0 Å². The molecule has 0 atom stereocenters. The third-order valence-electron chi connectivity index (χ3n) is 8.80. The van der Waals surface area contributed by atoms with Gasteiger partial charge in [-0.05, 0) is 101 Å². The van der Waals surface area contributed by atoms with Gasteiger partial charge in [0, 0.05) is 11.3 Å². The number of anilines is 3. The van der Waals surface area contributed by atoms with Gasteiger partial charge in [-0.2, -0.15) is 0 Å². The number of para-hydroxylation sites is 4. The second-order valence-corrected chi connectivity index (χ2v) is 11.1. The summed E-state index contributed by atoms with van der Waals surface area (Å²) in [4.78, 5) is 7.71. The minimum Gasteiger partial charge on any atom is -0.306 e. The van der Waals surface area contributed by atoms with E-state index in [1.54, 1.807) is 0 Å². The lowest BCUT2D eigenvalue weighted by molar-refractivity contribution is 1.07. The average molecular weight is 554 g/mol. The van der Waals surface area contributed by atoms with E-state index in [0.29, 0.717) is 0 Å². The Morgan fingerprint density at radius 1 is 0.651 bits per heavy atom. The number of hydrogen-bond acceptors (Lipinski definition) is 2. The van der Waals surface area contributed by atoms with Gasteiger partial charge in [-0.1, -0.05) is 91.0 Å². The van der Waals surface area contributed by atoms with Gasteiger partial charge in [0.25, 0.3) is 0 Å². The molecule has 7 aromatic rings. The van der Waals surface area contributed by atoms with Crippen molar-refractivity contribution in [2.45, 2.75) is 20.8 Å². The van der Waals surface area contributed by atoms with E-state index < -0.39 is 0 Å². The highest BCUT2D eigenvalue weighted by atomic mass is 15.2. The Bertz CT molecular complexity index is 2320. The second-order valence-electron chi connectivity index (χ2n) is 11.1. The van der Waals surface area contributed by atoms with Crippen LogP contribution >= 0.6 is 0 Å². The van der Waals surface area contributed by atoms with Crippen LogP contribution in [-0.2, 0) is 0 Å². The van der Waals surface area contributed by atoms with Crippen molar-refractivity contribution < 1.29 is 0 Å². The van der Waals surface area contributed by atoms with Crippen molar-refractivity contribution in [3.05, 3.63) is 138 Å². The molecule has 43 heavy (non-hydrogen) atoms. The lowest BCUT2D eigenvalue weighted by Crippen LogP contribution is -2.18. The zero-order valence-electron chi connectivity index (χ0n) is 24.5. The molecule has 0 bridgehead atoms. The molecule has 2 heterocycles. The van der Waals surface area contributed by atoms with E-state index in [9.17, 15) is 0 Å². The fraction of sp³-hybridized carbons (Fsp3) is 0.0750. The third kappa shape index (κ3) is 3.65. The van der Waals surface area contributed by atoms with Crippen LogP contribution < -0.4 is 10.1 Å². The summed E-state index contributed by atoms with van der Waals surface area (Å²) < 4.78 is 2.37. The summed E-state index contributed by atoms with van der Waals surface area (Å²) in [5, 5.41) is 6.34. The Hall–Kier alpha value is -5.41. The summed E-state index contributed by atoms with van der Waals surface area (Å²) in [6.07, 6.45) is 10.8. The summed E-state index contributed by atoms with van der Waals surface area (Å²) in [6, 6.07) is 37.0. The molecule has 0 fully saturated rings. The molecule has 0 aliphatic carbocycles. The van der Waals surface area contributed by atoms with E-state index in [4.69, 9.17) is 4.98 Å². The Kier molecular flexibility index (Phi) is 5.80. The predicted molar refractivity (Wildman–Crippen MR) is 184 cm³/mol. The number of rotatable bonds is 4. The SMILES string of the molecule is C/C=C/C=C\c1c(C)/c(=C\C)c2cccc3c(-c4nc5cccc6c5n4-c4ccccc4N6c4ccccc4)ccc1c32. The standard InChI is InChI=1S/C40H31N3/c1-4-6-8-17-29-26(3)28(5-2)30-18-13-19-31-33(25-24-32(29)38(30)31)40-41-34-20-14-23-37-39(34)43(40)36-22-12-11-21-35(36)42(37)27-15-9-7-10-16-27/h4-25H,1-3H3/b6-4+,17-8-,28-5+. The first kappa shape index (κ1) is 25.3. The van der Waals surface area contributed by atoms with Crippen LogP contribution in [0.3, 0.4) is 0 Å². The molecule has 0 saturated carbocycles. The van der Waals surface area contributed by atoms with Crippen LogP contribution in [0.15, 0.2) is 121 Å². The highest BCUT2D eigenvalue weighted by Gasteiger charge is 2.29. The topological polar surface area (TPSA) is 21.1 Å². The minimum atomic E-state index is 0.964. The first-order chi connectivity index (χ1) is 21.2. The van der Waals surface area contributed by atoms with Crippen LogP contribution in [-0.4, -0.2) is 9.55 Å². The summed E-state index contributed by atoms with van der Waals surface area (Å²) in [5.74, 6) is 0.964. The van der Waals surface area contributed by atoms with E-state index >= 15 is 0 Å². The fourth-order valence-corrected chi connectivity index (χ4v) is 6.98. The van der Waals surface area contributed by atoms with E-state index in [1.165, 1.54) is 37.9 Å². The Balaban J connectivity index is 1.48. The van der Waals surface area contributed by atoms with Crippen molar-refractivity contribution in [2.24, 2.45) is 0 Å². The number of aromatic nitrogens is 2. The van der Waals surface area contributed by atoms with Gasteiger partial charge in [-0.25, -0.2) is 4.98 Å². The molecule has 3 nitrogen and oxygen atoms in total. The molecular weight excluding hydrogens is 522 g/mol. The van der Waals surface area contributed by atoms with E-state index in [0.717, 1.165) is 45.2 Å². The van der Waals surface area contributed by atoms with Crippen LogP contribution in [0.2, 0.25) is 0 Å². The average Bonchev–Trinajstić information content (AvgIpc) is 3.44. The van der Waals surface area contributed by atoms with Crippen molar-refractivity contribution in [1.29, 1.82) is 0 Å². The molecular formula is C40H31N3. The number of hydrogen-bond donors (Lipinski definition) is 0. The molecule has 206 valence electrons. The Labute approximate surface area is 251 Å². The molecule has 1 aliphatic rings. The number of fused-ring (bicyclic) bond motifs is 2. The molecule has 1 aliphatic heterocycles. The van der Waals surface area contributed by atoms with Crippen LogP contribution in [0.1, 0.15) is 25.0 Å². The summed E-state index contributed by atoms with van der Waals surface area (Å²) in [5.41, 5.74) is 10.4. The first-order valence-electron chi connectivity index (χ1n) is 14.9. The highest BCUT2D eigenvalue weighted by Crippen LogP contribution is 2.49. The second kappa shape index (κ2) is 9.85. The molecule has 0 N–H and O–H groups in total. The van der Waals surface area contributed by atoms with Crippen LogP contribution in [0.4, 0.5) is 17.1 Å². The zero-order valence-corrected chi connectivity index (χ0v) is 24.5. The van der Waals surface area contributed by atoms with Gasteiger partial charge in [-0.3, -0.25) is 4.57 Å². The molecule has 0 spiro atoms. The van der Waals surface area contributed by atoms with Gasteiger partial charge in [-0.15, -0.1) is 0 Å². The fourth-order valence-electron chi connectivity index (χ4n) is 6.98. The van der Waals surface area contributed by atoms with E-state index in [-0.39, 0.29) is 0 Å². The maximum atomic E-state index is 5.36. The van der Waals surface area contributed by atoms with Crippen molar-refractivity contribution in [3.8, 4) is 17.1 Å². The molecule has 0 saturated heterocycles. The van der Waals surface area contributed by atoms with E-state index in [1.807, 2.05) is 0 Å². The molecule has 6 aromatic carbocycles. The van der Waals surface area contributed by atoms with Crippen molar-refractivity contribution in [2.75, 3.05) is 4.90 Å². The normalized spacial score (nSPS) is 13.4. The third-order valence-corrected chi connectivity index (χ3v) is 8.80. The molecule has 8 rings (SSSR count). The molecule has 0 radical (unpaired) electrons. The number of benzene rings is 6. The first-order valence-corrected chi connectivity index (χ1v) is 14.9. The smallest absolute Gasteiger partial charge is 0.146 e. The maximum Gasteiger partial charge on any atom is 0.146 e. The van der Waals surface area contributed by atoms with Gasteiger partial charge in [0.15, 0.2) is 0 Å². The quantitative estimate of drug-likeness (QED) is 0.202. The zero-order chi connectivity index (χ0) is 29.1. The lowest BCUT2D eigenvalue weighted by Gasteiger charge is -2.33. The van der Waals surface area contributed by atoms with E-state index in [2.05, 4.69) is 164 Å². The number of imidazole rings is 1.